The van der Waals surface area contributed by atoms with Gasteiger partial charge in [-0.15, -0.1) is 0 Å². The van der Waals surface area contributed by atoms with Crippen LogP contribution in [0, 0.1) is 0 Å². The first-order valence-corrected chi connectivity index (χ1v) is 9.27. The molecule has 0 saturated heterocycles. The van der Waals surface area contributed by atoms with Crippen LogP contribution in [0.2, 0.25) is 0 Å². The minimum Gasteiger partial charge on any atom is -0.329 e. The number of H-pyrrole nitrogens is 1. The van der Waals surface area contributed by atoms with E-state index in [1.54, 1.807) is 41.6 Å². The van der Waals surface area contributed by atoms with Gasteiger partial charge in [-0.25, -0.2) is 14.6 Å². The Labute approximate surface area is 165 Å². The molecule has 0 amide bonds. The lowest BCUT2D eigenvalue weighted by atomic mass is 10.1. The van der Waals surface area contributed by atoms with Crippen LogP contribution in [-0.2, 0) is 6.42 Å². The number of nitrogens with one attached hydrogen (secondary N) is 1. The molecule has 29 heavy (non-hydrogen) atoms. The fourth-order valence-electron chi connectivity index (χ4n) is 3.44. The lowest BCUT2D eigenvalue weighted by Gasteiger charge is -2.07. The summed E-state index contributed by atoms with van der Waals surface area (Å²) in [5.41, 5.74) is 4.28. The van der Waals surface area contributed by atoms with E-state index in [1.165, 1.54) is 0 Å². The molecule has 0 spiro atoms. The van der Waals surface area contributed by atoms with E-state index >= 15 is 0 Å². The Morgan fingerprint density at radius 3 is 2.66 bits per heavy atom. The average molecular weight is 383 g/mol. The number of hydrogen-bond acceptors (Lipinski definition) is 5. The van der Waals surface area contributed by atoms with Crippen LogP contribution in [0.1, 0.15) is 12.6 Å². The molecule has 1 aromatic carbocycles. The third-order valence-electron chi connectivity index (χ3n) is 4.78. The zero-order valence-electron chi connectivity index (χ0n) is 15.6. The largest absolute Gasteiger partial charge is 0.329 e. The molecule has 0 aliphatic heterocycles. The fourth-order valence-corrected chi connectivity index (χ4v) is 3.44. The fraction of sp³-hybridized carbons (Fsp3) is 0.0952. The van der Waals surface area contributed by atoms with Crippen LogP contribution in [0.15, 0.2) is 72.0 Å². The van der Waals surface area contributed by atoms with Gasteiger partial charge in [0.15, 0.2) is 0 Å². The number of nitrogens with zero attached hydrogens (tertiary/aromatic N) is 6. The zero-order chi connectivity index (χ0) is 19.8. The molecule has 0 aliphatic carbocycles. The van der Waals surface area contributed by atoms with E-state index in [4.69, 9.17) is 5.10 Å². The molecule has 4 heterocycles. The predicted molar refractivity (Wildman–Crippen MR) is 109 cm³/mol. The molecule has 1 N–H and O–H groups in total. The highest BCUT2D eigenvalue weighted by Crippen LogP contribution is 2.29. The number of aromatic amines is 1. The van der Waals surface area contributed by atoms with Crippen LogP contribution in [0.25, 0.3) is 33.8 Å². The maximum Gasteiger partial charge on any atom is 0.251 e. The van der Waals surface area contributed by atoms with Crippen molar-refractivity contribution in [2.75, 3.05) is 0 Å². The summed E-state index contributed by atoms with van der Waals surface area (Å²) < 4.78 is 3.52. The Morgan fingerprint density at radius 1 is 1.00 bits per heavy atom. The molecule has 0 fully saturated rings. The van der Waals surface area contributed by atoms with Crippen molar-refractivity contribution >= 4 is 10.9 Å². The third kappa shape index (κ3) is 2.91. The molecule has 0 atom stereocenters. The Bertz CT molecular complexity index is 1360. The van der Waals surface area contributed by atoms with Crippen LogP contribution in [-0.4, -0.2) is 34.5 Å². The first-order chi connectivity index (χ1) is 14.2. The van der Waals surface area contributed by atoms with Gasteiger partial charge in [0.1, 0.15) is 0 Å². The molecule has 5 rings (SSSR count). The highest BCUT2D eigenvalue weighted by atomic mass is 16.1. The van der Waals surface area contributed by atoms with E-state index in [2.05, 4.69) is 39.1 Å². The normalized spacial score (nSPS) is 11.2. The molecular weight excluding hydrogens is 366 g/mol. The van der Waals surface area contributed by atoms with E-state index in [9.17, 15) is 4.79 Å². The van der Waals surface area contributed by atoms with Gasteiger partial charge in [0, 0.05) is 35.6 Å². The SMILES string of the molecule is CCc1nn(-c2cc[nH]c(=O)c2)c2cc(-c3ccnn3-c3ncccn3)ccc12. The van der Waals surface area contributed by atoms with Crippen molar-refractivity contribution in [3.63, 3.8) is 0 Å². The lowest BCUT2D eigenvalue weighted by molar-refractivity contribution is 0.814. The molecule has 0 radical (unpaired) electrons. The Morgan fingerprint density at radius 2 is 1.86 bits per heavy atom. The third-order valence-corrected chi connectivity index (χ3v) is 4.78. The Balaban J connectivity index is 1.72. The summed E-state index contributed by atoms with van der Waals surface area (Å²) in [6, 6.07) is 13.2. The highest BCUT2D eigenvalue weighted by molar-refractivity contribution is 5.87. The van der Waals surface area contributed by atoms with E-state index in [1.807, 2.05) is 22.9 Å². The van der Waals surface area contributed by atoms with Gasteiger partial charge >= 0.3 is 0 Å². The maximum absolute atomic E-state index is 11.8. The van der Waals surface area contributed by atoms with Gasteiger partial charge in [0.25, 0.3) is 5.95 Å². The monoisotopic (exact) mass is 383 g/mol. The molecule has 0 aliphatic rings. The predicted octanol–water partition coefficient (Wildman–Crippen LogP) is 2.92. The van der Waals surface area contributed by atoms with Crippen molar-refractivity contribution in [3.8, 4) is 22.9 Å². The van der Waals surface area contributed by atoms with E-state index in [0.717, 1.165) is 40.0 Å². The van der Waals surface area contributed by atoms with Crippen molar-refractivity contribution in [2.24, 2.45) is 0 Å². The number of hydrogen-bond donors (Lipinski definition) is 1. The number of benzene rings is 1. The summed E-state index contributed by atoms with van der Waals surface area (Å²) in [4.78, 5) is 23.0. The van der Waals surface area contributed by atoms with Crippen molar-refractivity contribution in [2.45, 2.75) is 13.3 Å². The van der Waals surface area contributed by atoms with Crippen molar-refractivity contribution < 1.29 is 0 Å². The second-order valence-electron chi connectivity index (χ2n) is 6.53. The molecule has 0 saturated carbocycles. The molecule has 4 aromatic heterocycles. The minimum absolute atomic E-state index is 0.167. The first kappa shape index (κ1) is 17.1. The lowest BCUT2D eigenvalue weighted by Crippen LogP contribution is -2.07. The van der Waals surface area contributed by atoms with E-state index < -0.39 is 0 Å². The van der Waals surface area contributed by atoms with Gasteiger partial charge in [0.2, 0.25) is 5.56 Å². The van der Waals surface area contributed by atoms with E-state index in [-0.39, 0.29) is 5.56 Å². The van der Waals surface area contributed by atoms with Crippen LogP contribution in [0.5, 0.6) is 0 Å². The standard InChI is InChI=1S/C21H17N7O/c1-2-17-16-5-4-14(18-7-11-25-28(18)21-23-8-3-9-24-21)12-19(16)27(26-17)15-6-10-22-20(29)13-15/h3-13H,2H2,1H3,(H,22,29). The van der Waals surface area contributed by atoms with E-state index in [0.29, 0.717) is 5.95 Å². The molecule has 0 unspecified atom stereocenters. The number of aryl methyl sites for hydroxylation is 1. The minimum atomic E-state index is -0.167. The number of rotatable bonds is 4. The van der Waals surface area contributed by atoms with Gasteiger partial charge in [-0.1, -0.05) is 19.1 Å². The van der Waals surface area contributed by atoms with Crippen LogP contribution in [0.4, 0.5) is 0 Å². The molecule has 8 heteroatoms. The Hall–Kier alpha value is -4.07. The zero-order valence-corrected chi connectivity index (χ0v) is 15.6. The first-order valence-electron chi connectivity index (χ1n) is 9.27. The number of aromatic nitrogens is 7. The molecular formula is C21H17N7O. The van der Waals surface area contributed by atoms with Gasteiger partial charge < -0.3 is 4.98 Å². The van der Waals surface area contributed by atoms with Gasteiger partial charge in [-0.3, -0.25) is 4.79 Å². The molecule has 0 bridgehead atoms. The summed E-state index contributed by atoms with van der Waals surface area (Å²) in [6.45, 7) is 2.07. The summed E-state index contributed by atoms with van der Waals surface area (Å²) in [7, 11) is 0. The van der Waals surface area contributed by atoms with Gasteiger partial charge in [-0.2, -0.15) is 14.9 Å². The summed E-state index contributed by atoms with van der Waals surface area (Å²) in [5, 5.41) is 10.2. The van der Waals surface area contributed by atoms with Gasteiger partial charge in [-0.05, 0) is 30.7 Å². The van der Waals surface area contributed by atoms with Crippen molar-refractivity contribution in [3.05, 3.63) is 83.3 Å². The average Bonchev–Trinajstić information content (AvgIpc) is 3.39. The summed E-state index contributed by atoms with van der Waals surface area (Å²) >= 11 is 0. The smallest absolute Gasteiger partial charge is 0.251 e. The topological polar surface area (TPSA) is 94.3 Å². The van der Waals surface area contributed by atoms with Crippen molar-refractivity contribution in [1.29, 1.82) is 0 Å². The van der Waals surface area contributed by atoms with Crippen molar-refractivity contribution in [1.82, 2.24) is 34.5 Å². The summed E-state index contributed by atoms with van der Waals surface area (Å²) in [6.07, 6.45) is 7.52. The maximum atomic E-state index is 11.8. The van der Waals surface area contributed by atoms with Crippen LogP contribution >= 0.6 is 0 Å². The van der Waals surface area contributed by atoms with Gasteiger partial charge in [0.05, 0.1) is 28.8 Å². The Kier molecular flexibility index (Phi) is 4.02. The van der Waals surface area contributed by atoms with Crippen LogP contribution < -0.4 is 5.56 Å². The quantitative estimate of drug-likeness (QED) is 0.515. The molecule has 8 nitrogen and oxygen atoms in total. The second kappa shape index (κ2) is 6.83. The number of pyridine rings is 1. The second-order valence-corrected chi connectivity index (χ2v) is 6.53. The highest BCUT2D eigenvalue weighted by Gasteiger charge is 2.15. The number of fused-ring (bicyclic) bond motifs is 1. The summed E-state index contributed by atoms with van der Waals surface area (Å²) in [5.74, 6) is 0.505. The molecule has 5 aromatic rings. The molecule has 142 valence electrons. The van der Waals surface area contributed by atoms with Crippen LogP contribution in [0.3, 0.4) is 0 Å².